The fourth-order valence-corrected chi connectivity index (χ4v) is 5.64. The minimum Gasteiger partial charge on any atom is -0.352 e. The summed E-state index contributed by atoms with van der Waals surface area (Å²) in [6.45, 7) is 2.48. The van der Waals surface area contributed by atoms with Gasteiger partial charge in [-0.3, -0.25) is 9.59 Å². The zero-order valence-corrected chi connectivity index (χ0v) is 18.9. The lowest BCUT2D eigenvalue weighted by Crippen LogP contribution is -2.54. The number of carbonyl (C=O) groups is 2. The van der Waals surface area contributed by atoms with Crippen molar-refractivity contribution in [3.05, 3.63) is 35.4 Å². The molecule has 2 aliphatic rings. The molecule has 0 atom stereocenters. The highest BCUT2D eigenvalue weighted by molar-refractivity contribution is 7.86. The largest absolute Gasteiger partial charge is 0.352 e. The fraction of sp³-hybridized carbons (Fsp3) is 0.619. The van der Waals surface area contributed by atoms with E-state index in [1.165, 1.54) is 4.31 Å². The molecule has 8 nitrogen and oxygen atoms in total. The molecule has 0 unspecified atom stereocenters. The van der Waals surface area contributed by atoms with Gasteiger partial charge in [0.2, 0.25) is 5.91 Å². The van der Waals surface area contributed by atoms with Crippen LogP contribution in [0.15, 0.2) is 18.2 Å². The number of rotatable bonds is 7. The molecule has 0 bridgehead atoms. The Bertz CT molecular complexity index is 912. The van der Waals surface area contributed by atoms with E-state index in [1.807, 2.05) is 0 Å². The third-order valence-corrected chi connectivity index (χ3v) is 7.87. The summed E-state index contributed by atoms with van der Waals surface area (Å²) in [5.74, 6) is -2.48. The molecule has 1 aromatic carbocycles. The Hall–Kier alpha value is -2.11. The van der Waals surface area contributed by atoms with Gasteiger partial charge >= 0.3 is 0 Å². The molecule has 2 fully saturated rings. The van der Waals surface area contributed by atoms with E-state index in [9.17, 15) is 26.8 Å². The fourth-order valence-electron chi connectivity index (χ4n) is 3.97. The van der Waals surface area contributed by atoms with Crippen molar-refractivity contribution in [2.75, 3.05) is 45.8 Å². The van der Waals surface area contributed by atoms with Crippen molar-refractivity contribution in [3.63, 3.8) is 0 Å². The molecule has 2 heterocycles. The van der Waals surface area contributed by atoms with Crippen molar-refractivity contribution in [1.82, 2.24) is 18.8 Å². The second kappa shape index (κ2) is 11.2. The van der Waals surface area contributed by atoms with Crippen molar-refractivity contribution < 1.29 is 26.8 Å². The van der Waals surface area contributed by atoms with Crippen LogP contribution in [0, 0.1) is 11.6 Å². The third kappa shape index (κ3) is 6.23. The molecule has 0 spiro atoms. The average Bonchev–Trinajstić information content (AvgIpc) is 3.07. The minimum atomic E-state index is -3.49. The van der Waals surface area contributed by atoms with E-state index in [-0.39, 0.29) is 37.5 Å². The van der Waals surface area contributed by atoms with Crippen molar-refractivity contribution in [1.29, 1.82) is 0 Å². The normalized spacial score (nSPS) is 18.9. The quantitative estimate of drug-likeness (QED) is 0.612. The SMILES string of the molecule is O=C(NCCCC(=O)N1CCN(S(=O)(=O)N2CCCCCC2)CC1)c1ccc(F)cc1F. The monoisotopic (exact) mass is 472 g/mol. The number of nitrogens with one attached hydrogen (secondary N) is 1. The first-order chi connectivity index (χ1) is 15.3. The summed E-state index contributed by atoms with van der Waals surface area (Å²) >= 11 is 0. The summed E-state index contributed by atoms with van der Waals surface area (Å²) in [5.41, 5.74) is -0.250. The first kappa shape index (κ1) is 24.5. The van der Waals surface area contributed by atoms with Crippen LogP contribution < -0.4 is 5.32 Å². The van der Waals surface area contributed by atoms with Gasteiger partial charge in [0.1, 0.15) is 11.6 Å². The standard InChI is InChI=1S/C21H30F2N4O4S/c22-17-7-8-18(19(23)16-17)21(29)24-9-5-6-20(28)25-12-14-27(15-13-25)32(30,31)26-10-3-1-2-4-11-26/h7-8,16H,1-6,9-15H2,(H,24,29). The van der Waals surface area contributed by atoms with Crippen LogP contribution in [0.2, 0.25) is 0 Å². The molecule has 2 aliphatic heterocycles. The average molecular weight is 473 g/mol. The Morgan fingerprint density at radius 2 is 1.53 bits per heavy atom. The lowest BCUT2D eigenvalue weighted by atomic mass is 10.2. The third-order valence-electron chi connectivity index (χ3n) is 5.84. The lowest BCUT2D eigenvalue weighted by Gasteiger charge is -2.36. The summed E-state index contributed by atoms with van der Waals surface area (Å²) in [7, 11) is -3.49. The molecule has 32 heavy (non-hydrogen) atoms. The second-order valence-corrected chi connectivity index (χ2v) is 10.0. The van der Waals surface area contributed by atoms with Gasteiger partial charge in [-0.2, -0.15) is 17.0 Å². The van der Waals surface area contributed by atoms with Crippen LogP contribution in [0.25, 0.3) is 0 Å². The van der Waals surface area contributed by atoms with E-state index >= 15 is 0 Å². The van der Waals surface area contributed by atoms with Gasteiger partial charge in [0.05, 0.1) is 5.56 Å². The first-order valence-electron chi connectivity index (χ1n) is 11.1. The number of halogens is 2. The van der Waals surface area contributed by atoms with Crippen molar-refractivity contribution >= 4 is 22.0 Å². The molecule has 2 amide bonds. The van der Waals surface area contributed by atoms with Gasteiger partial charge in [0.25, 0.3) is 16.1 Å². The maximum absolute atomic E-state index is 13.6. The Morgan fingerprint density at radius 1 is 0.906 bits per heavy atom. The predicted octanol–water partition coefficient (Wildman–Crippen LogP) is 1.74. The molecule has 0 saturated carbocycles. The van der Waals surface area contributed by atoms with E-state index in [4.69, 9.17) is 0 Å². The van der Waals surface area contributed by atoms with Crippen LogP contribution in [0.4, 0.5) is 8.78 Å². The van der Waals surface area contributed by atoms with Crippen LogP contribution in [-0.2, 0) is 15.0 Å². The molecule has 3 rings (SSSR count). The maximum Gasteiger partial charge on any atom is 0.282 e. The molecule has 0 aromatic heterocycles. The van der Waals surface area contributed by atoms with Gasteiger partial charge in [-0.1, -0.05) is 12.8 Å². The van der Waals surface area contributed by atoms with Gasteiger partial charge < -0.3 is 10.2 Å². The number of amides is 2. The number of benzene rings is 1. The number of piperazine rings is 1. The Labute approximate surface area is 187 Å². The van der Waals surface area contributed by atoms with Crippen LogP contribution >= 0.6 is 0 Å². The van der Waals surface area contributed by atoms with E-state index in [1.54, 1.807) is 9.21 Å². The lowest BCUT2D eigenvalue weighted by molar-refractivity contribution is -0.132. The topological polar surface area (TPSA) is 90.0 Å². The summed E-state index contributed by atoms with van der Waals surface area (Å²) < 4.78 is 55.3. The van der Waals surface area contributed by atoms with Crippen molar-refractivity contribution in [3.8, 4) is 0 Å². The molecule has 1 aromatic rings. The molecule has 2 saturated heterocycles. The van der Waals surface area contributed by atoms with E-state index < -0.39 is 27.8 Å². The Kier molecular flexibility index (Phi) is 8.55. The summed E-state index contributed by atoms with van der Waals surface area (Å²) in [6.07, 6.45) is 4.40. The summed E-state index contributed by atoms with van der Waals surface area (Å²) in [6, 6.07) is 2.73. The Morgan fingerprint density at radius 3 is 2.16 bits per heavy atom. The molecule has 0 radical (unpaired) electrons. The van der Waals surface area contributed by atoms with E-state index in [0.717, 1.165) is 37.8 Å². The molecule has 0 aliphatic carbocycles. The second-order valence-electron chi connectivity index (χ2n) is 8.08. The molecular weight excluding hydrogens is 442 g/mol. The highest BCUT2D eigenvalue weighted by Gasteiger charge is 2.33. The number of hydrogen-bond acceptors (Lipinski definition) is 4. The summed E-state index contributed by atoms with van der Waals surface area (Å²) in [4.78, 5) is 26.0. The highest BCUT2D eigenvalue weighted by atomic mass is 32.2. The number of nitrogens with zero attached hydrogens (tertiary/aromatic N) is 3. The zero-order chi connectivity index (χ0) is 23.1. The summed E-state index contributed by atoms with van der Waals surface area (Å²) in [5, 5.41) is 2.52. The maximum atomic E-state index is 13.6. The van der Waals surface area contributed by atoms with Crippen LogP contribution in [-0.4, -0.2) is 79.6 Å². The van der Waals surface area contributed by atoms with Gasteiger partial charge in [0, 0.05) is 58.3 Å². The van der Waals surface area contributed by atoms with Gasteiger partial charge in [-0.15, -0.1) is 0 Å². The number of carbonyl (C=O) groups excluding carboxylic acids is 2. The van der Waals surface area contributed by atoms with Gasteiger partial charge in [-0.05, 0) is 31.4 Å². The van der Waals surface area contributed by atoms with Crippen LogP contribution in [0.3, 0.4) is 0 Å². The number of hydrogen-bond donors (Lipinski definition) is 1. The van der Waals surface area contributed by atoms with Crippen molar-refractivity contribution in [2.24, 2.45) is 0 Å². The minimum absolute atomic E-state index is 0.112. The van der Waals surface area contributed by atoms with Crippen LogP contribution in [0.1, 0.15) is 48.9 Å². The first-order valence-corrected chi connectivity index (χ1v) is 12.4. The highest BCUT2D eigenvalue weighted by Crippen LogP contribution is 2.18. The van der Waals surface area contributed by atoms with E-state index in [0.29, 0.717) is 38.7 Å². The Balaban J connectivity index is 1.39. The smallest absolute Gasteiger partial charge is 0.282 e. The predicted molar refractivity (Wildman–Crippen MR) is 115 cm³/mol. The van der Waals surface area contributed by atoms with Gasteiger partial charge in [0.15, 0.2) is 0 Å². The molecule has 178 valence electrons. The van der Waals surface area contributed by atoms with Crippen LogP contribution in [0.5, 0.6) is 0 Å². The molecular formula is C21H30F2N4O4S. The molecule has 11 heteroatoms. The van der Waals surface area contributed by atoms with E-state index in [2.05, 4.69) is 5.32 Å². The zero-order valence-electron chi connectivity index (χ0n) is 18.1. The van der Waals surface area contributed by atoms with Crippen molar-refractivity contribution in [2.45, 2.75) is 38.5 Å². The van der Waals surface area contributed by atoms with Gasteiger partial charge in [-0.25, -0.2) is 8.78 Å². The molecule has 1 N–H and O–H groups in total.